The van der Waals surface area contributed by atoms with Crippen molar-refractivity contribution in [1.82, 2.24) is 0 Å². The summed E-state index contributed by atoms with van der Waals surface area (Å²) in [5, 5.41) is -0.501. The lowest BCUT2D eigenvalue weighted by Crippen LogP contribution is -2.02. The van der Waals surface area contributed by atoms with E-state index in [1.54, 1.807) is 0 Å². The molecule has 0 aliphatic rings. The maximum Gasteiger partial charge on any atom is 0.224 e. The van der Waals surface area contributed by atoms with E-state index in [4.69, 9.17) is 23.2 Å². The highest BCUT2D eigenvalue weighted by Crippen LogP contribution is 2.14. The topological polar surface area (TPSA) is 34.1 Å². The third kappa shape index (κ3) is 12.3. The molecule has 16 heavy (non-hydrogen) atoms. The Balaban J connectivity index is 0. The van der Waals surface area contributed by atoms with Gasteiger partial charge in [-0.1, -0.05) is 32.6 Å². The first-order valence-corrected chi connectivity index (χ1v) is 6.17. The van der Waals surface area contributed by atoms with Crippen molar-refractivity contribution in [3.8, 4) is 0 Å². The zero-order valence-corrected chi connectivity index (χ0v) is 11.8. The average Bonchev–Trinajstić information content (AvgIpc) is 2.15. The molecule has 2 nitrogen and oxygen atoms in total. The standard InChI is InChI=1S/C11H18Cl2O2.ClH/c1-9(11(13)15)7-5-3-2-4-6-8-10(12)14;/h9H,2-8H2,1H3;1H. The molecule has 0 radical (unpaired) electrons. The van der Waals surface area contributed by atoms with Gasteiger partial charge in [-0.05, 0) is 36.0 Å². The van der Waals surface area contributed by atoms with E-state index in [-0.39, 0.29) is 28.8 Å². The summed E-state index contributed by atoms with van der Waals surface area (Å²) in [4.78, 5) is 21.1. The van der Waals surface area contributed by atoms with Crippen LogP contribution in [-0.2, 0) is 9.59 Å². The van der Waals surface area contributed by atoms with Crippen LogP contribution in [0, 0.1) is 5.92 Å². The molecular formula is C11H19Cl3O2. The van der Waals surface area contributed by atoms with Crippen molar-refractivity contribution >= 4 is 46.1 Å². The summed E-state index contributed by atoms with van der Waals surface area (Å²) in [5.74, 6) is -0.0314. The van der Waals surface area contributed by atoms with Gasteiger partial charge in [0.25, 0.3) is 0 Å². The molecule has 0 aromatic heterocycles. The van der Waals surface area contributed by atoms with Gasteiger partial charge < -0.3 is 0 Å². The van der Waals surface area contributed by atoms with Crippen molar-refractivity contribution in [3.63, 3.8) is 0 Å². The number of rotatable bonds is 9. The molecule has 0 fully saturated rings. The van der Waals surface area contributed by atoms with E-state index in [2.05, 4.69) is 0 Å². The molecule has 1 unspecified atom stereocenters. The van der Waals surface area contributed by atoms with Crippen LogP contribution in [0.15, 0.2) is 0 Å². The second-order valence-electron chi connectivity index (χ2n) is 3.87. The molecule has 0 bridgehead atoms. The molecule has 0 spiro atoms. The third-order valence-electron chi connectivity index (χ3n) is 2.40. The second kappa shape index (κ2) is 11.7. The highest BCUT2D eigenvalue weighted by atomic mass is 35.5. The van der Waals surface area contributed by atoms with Gasteiger partial charge in [0.15, 0.2) is 0 Å². The van der Waals surface area contributed by atoms with Crippen molar-refractivity contribution in [2.45, 2.75) is 51.9 Å². The molecule has 0 saturated carbocycles. The van der Waals surface area contributed by atoms with Crippen molar-refractivity contribution in [3.05, 3.63) is 0 Å². The van der Waals surface area contributed by atoms with Crippen LogP contribution < -0.4 is 0 Å². The van der Waals surface area contributed by atoms with Crippen molar-refractivity contribution in [1.29, 1.82) is 0 Å². The van der Waals surface area contributed by atoms with E-state index in [1.165, 1.54) is 0 Å². The van der Waals surface area contributed by atoms with Gasteiger partial charge in [-0.3, -0.25) is 9.59 Å². The summed E-state index contributed by atoms with van der Waals surface area (Å²) >= 11 is 10.5. The SMILES string of the molecule is CC(CCCCCCCC(=O)Cl)C(=O)Cl.Cl. The minimum absolute atomic E-state index is 0. The molecule has 0 aliphatic heterocycles. The zero-order chi connectivity index (χ0) is 11.7. The summed E-state index contributed by atoms with van der Waals surface area (Å²) in [6.45, 7) is 1.85. The number of hydrogen-bond acceptors (Lipinski definition) is 2. The van der Waals surface area contributed by atoms with Crippen molar-refractivity contribution < 1.29 is 9.59 Å². The Morgan fingerprint density at radius 1 is 1.00 bits per heavy atom. The maximum atomic E-state index is 10.7. The molecule has 0 N–H and O–H groups in total. The smallest absolute Gasteiger partial charge is 0.224 e. The molecule has 0 aromatic rings. The van der Waals surface area contributed by atoms with Crippen LogP contribution in [0.3, 0.4) is 0 Å². The fraction of sp³-hybridized carbons (Fsp3) is 0.818. The van der Waals surface area contributed by atoms with Gasteiger partial charge in [0, 0.05) is 12.3 Å². The summed E-state index contributed by atoms with van der Waals surface area (Å²) < 4.78 is 0. The quantitative estimate of drug-likeness (QED) is 0.468. The summed E-state index contributed by atoms with van der Waals surface area (Å²) in [5.41, 5.74) is 0. The molecule has 96 valence electrons. The highest BCUT2D eigenvalue weighted by molar-refractivity contribution is 6.64. The van der Waals surface area contributed by atoms with Crippen LogP contribution in [0.25, 0.3) is 0 Å². The first-order valence-electron chi connectivity index (χ1n) is 5.41. The molecule has 0 amide bonds. The average molecular weight is 290 g/mol. The van der Waals surface area contributed by atoms with Gasteiger partial charge in [-0.2, -0.15) is 0 Å². The summed E-state index contributed by atoms with van der Waals surface area (Å²) in [6.07, 6.45) is 6.43. The van der Waals surface area contributed by atoms with E-state index in [9.17, 15) is 9.59 Å². The van der Waals surface area contributed by atoms with Gasteiger partial charge in [-0.15, -0.1) is 12.4 Å². The van der Waals surface area contributed by atoms with Crippen LogP contribution in [0.4, 0.5) is 0 Å². The first-order chi connectivity index (χ1) is 7.04. The maximum absolute atomic E-state index is 10.7. The fourth-order valence-corrected chi connectivity index (χ4v) is 1.60. The van der Waals surface area contributed by atoms with Gasteiger partial charge >= 0.3 is 0 Å². The third-order valence-corrected chi connectivity index (χ3v) is 2.96. The lowest BCUT2D eigenvalue weighted by molar-refractivity contribution is -0.115. The van der Waals surface area contributed by atoms with E-state index < -0.39 is 0 Å². The lowest BCUT2D eigenvalue weighted by Gasteiger charge is -2.05. The highest BCUT2D eigenvalue weighted by Gasteiger charge is 2.08. The molecule has 0 rings (SSSR count). The van der Waals surface area contributed by atoms with Gasteiger partial charge in [0.1, 0.15) is 0 Å². The molecule has 0 aliphatic carbocycles. The normalized spacial score (nSPS) is 11.7. The Kier molecular flexibility index (Phi) is 13.6. The molecule has 5 heteroatoms. The predicted octanol–water partition coefficient (Wildman–Crippen LogP) is 4.31. The Morgan fingerprint density at radius 3 is 2.00 bits per heavy atom. The van der Waals surface area contributed by atoms with Gasteiger partial charge in [-0.25, -0.2) is 0 Å². The Hall–Kier alpha value is 0.210. The van der Waals surface area contributed by atoms with Gasteiger partial charge in [0.05, 0.1) is 0 Å². The molecular weight excluding hydrogens is 270 g/mol. The van der Waals surface area contributed by atoms with Crippen molar-refractivity contribution in [2.75, 3.05) is 0 Å². The minimum Gasteiger partial charge on any atom is -0.281 e. The van der Waals surface area contributed by atoms with E-state index in [1.807, 2.05) is 6.92 Å². The fourth-order valence-electron chi connectivity index (χ4n) is 1.36. The number of halogens is 3. The van der Waals surface area contributed by atoms with Crippen LogP contribution in [-0.4, -0.2) is 10.5 Å². The number of hydrogen-bond donors (Lipinski definition) is 0. The molecule has 1 atom stereocenters. The number of carbonyl (C=O) groups excluding carboxylic acids is 2. The van der Waals surface area contributed by atoms with E-state index in [0.29, 0.717) is 6.42 Å². The van der Waals surface area contributed by atoms with Crippen LogP contribution in [0.1, 0.15) is 51.9 Å². The first kappa shape index (κ1) is 18.6. The Bertz CT molecular complexity index is 207. The second-order valence-corrected chi connectivity index (χ2v) is 4.66. The van der Waals surface area contributed by atoms with Crippen LogP contribution in [0.2, 0.25) is 0 Å². The minimum atomic E-state index is -0.253. The summed E-state index contributed by atoms with van der Waals surface area (Å²) in [6, 6.07) is 0. The molecule has 0 aromatic carbocycles. The number of carbonyl (C=O) groups is 2. The molecule has 0 saturated heterocycles. The van der Waals surface area contributed by atoms with Crippen molar-refractivity contribution in [2.24, 2.45) is 5.92 Å². The van der Waals surface area contributed by atoms with Crippen LogP contribution >= 0.6 is 35.6 Å². The monoisotopic (exact) mass is 288 g/mol. The lowest BCUT2D eigenvalue weighted by atomic mass is 10.0. The zero-order valence-electron chi connectivity index (χ0n) is 9.51. The Labute approximate surface area is 113 Å². The molecule has 0 heterocycles. The Morgan fingerprint density at radius 2 is 1.50 bits per heavy atom. The summed E-state index contributed by atoms with van der Waals surface area (Å²) in [7, 11) is 0. The van der Waals surface area contributed by atoms with E-state index >= 15 is 0 Å². The van der Waals surface area contributed by atoms with E-state index in [0.717, 1.165) is 38.5 Å². The van der Waals surface area contributed by atoms with Crippen LogP contribution in [0.5, 0.6) is 0 Å². The van der Waals surface area contributed by atoms with Gasteiger partial charge in [0.2, 0.25) is 10.5 Å². The largest absolute Gasteiger partial charge is 0.281 e. The number of unbranched alkanes of at least 4 members (excludes halogenated alkanes) is 4. The predicted molar refractivity (Wildman–Crippen MR) is 70.5 cm³/mol.